The van der Waals surface area contributed by atoms with Gasteiger partial charge in [-0.25, -0.2) is 8.42 Å². The third kappa shape index (κ3) is 6.03. The first kappa shape index (κ1) is 22.7. The van der Waals surface area contributed by atoms with E-state index in [0.717, 1.165) is 0 Å². The highest BCUT2D eigenvalue weighted by molar-refractivity contribution is 7.89. The highest BCUT2D eigenvalue weighted by Crippen LogP contribution is 2.24. The van der Waals surface area contributed by atoms with Gasteiger partial charge < -0.3 is 20.1 Å². The first-order valence-electron chi connectivity index (χ1n) is 9.74. The van der Waals surface area contributed by atoms with E-state index in [-0.39, 0.29) is 23.3 Å². The lowest BCUT2D eigenvalue weighted by Crippen LogP contribution is -2.40. The number of sulfonamides is 1. The normalized spacial score (nSPS) is 14.6. The number of benzene rings is 2. The van der Waals surface area contributed by atoms with Gasteiger partial charge in [0.05, 0.1) is 18.1 Å². The number of hydrogen-bond acceptors (Lipinski definition) is 6. The molecular formula is C21H25N3O6S. The van der Waals surface area contributed by atoms with Crippen LogP contribution in [0.25, 0.3) is 0 Å². The maximum atomic E-state index is 12.8. The number of ether oxygens (including phenoxy) is 2. The number of hydrogen-bond donors (Lipinski definition) is 2. The molecule has 0 radical (unpaired) electrons. The summed E-state index contributed by atoms with van der Waals surface area (Å²) in [4.78, 5) is 23.6. The Hall–Kier alpha value is -2.95. The van der Waals surface area contributed by atoms with Gasteiger partial charge in [-0.15, -0.1) is 0 Å². The fraction of sp³-hybridized carbons (Fsp3) is 0.333. The Morgan fingerprint density at radius 3 is 2.39 bits per heavy atom. The minimum absolute atomic E-state index is 0.179. The molecule has 0 atom stereocenters. The van der Waals surface area contributed by atoms with Gasteiger partial charge in [0.25, 0.3) is 5.91 Å². The Morgan fingerprint density at radius 1 is 1.06 bits per heavy atom. The summed E-state index contributed by atoms with van der Waals surface area (Å²) in [6.45, 7) is 4.28. The van der Waals surface area contributed by atoms with Crippen LogP contribution in [-0.2, 0) is 24.3 Å². The number of morpholine rings is 1. The number of aryl methyl sites for hydroxylation is 1. The van der Waals surface area contributed by atoms with E-state index in [1.807, 2.05) is 0 Å². The monoisotopic (exact) mass is 447 g/mol. The molecule has 0 unspecified atom stereocenters. The molecule has 1 saturated heterocycles. The second-order valence-electron chi connectivity index (χ2n) is 7.04. The summed E-state index contributed by atoms with van der Waals surface area (Å²) in [6, 6.07) is 11.3. The van der Waals surface area contributed by atoms with Crippen molar-refractivity contribution in [3.63, 3.8) is 0 Å². The van der Waals surface area contributed by atoms with Gasteiger partial charge in [0.1, 0.15) is 5.75 Å². The summed E-state index contributed by atoms with van der Waals surface area (Å²) >= 11 is 0. The second-order valence-corrected chi connectivity index (χ2v) is 8.98. The Bertz CT molecular complexity index is 1060. The molecule has 2 amide bonds. The summed E-state index contributed by atoms with van der Waals surface area (Å²) < 4.78 is 37.7. The summed E-state index contributed by atoms with van der Waals surface area (Å²) in [5, 5.41) is 5.34. The van der Waals surface area contributed by atoms with Crippen LogP contribution in [0.5, 0.6) is 5.75 Å². The summed E-state index contributed by atoms with van der Waals surface area (Å²) in [7, 11) is -3.60. The van der Waals surface area contributed by atoms with Crippen molar-refractivity contribution >= 4 is 33.2 Å². The topological polar surface area (TPSA) is 114 Å². The second kappa shape index (κ2) is 9.90. The average Bonchev–Trinajstić information content (AvgIpc) is 2.73. The van der Waals surface area contributed by atoms with Crippen molar-refractivity contribution in [2.24, 2.45) is 0 Å². The van der Waals surface area contributed by atoms with E-state index in [1.54, 1.807) is 37.3 Å². The van der Waals surface area contributed by atoms with Gasteiger partial charge in [-0.05, 0) is 48.9 Å². The van der Waals surface area contributed by atoms with Gasteiger partial charge in [0, 0.05) is 31.4 Å². The molecule has 2 N–H and O–H groups in total. The Kier molecular flexibility index (Phi) is 7.26. The van der Waals surface area contributed by atoms with Crippen LogP contribution in [0.1, 0.15) is 12.5 Å². The molecule has 10 heteroatoms. The molecule has 1 aliphatic rings. The zero-order chi connectivity index (χ0) is 22.4. The molecule has 0 bridgehead atoms. The molecule has 0 saturated carbocycles. The fourth-order valence-corrected chi connectivity index (χ4v) is 4.59. The quantitative estimate of drug-likeness (QED) is 0.671. The summed E-state index contributed by atoms with van der Waals surface area (Å²) in [6.07, 6.45) is 0. The van der Waals surface area contributed by atoms with Crippen LogP contribution in [0.2, 0.25) is 0 Å². The van der Waals surface area contributed by atoms with Crippen molar-refractivity contribution in [2.45, 2.75) is 18.7 Å². The van der Waals surface area contributed by atoms with Crippen molar-refractivity contribution < 1.29 is 27.5 Å². The van der Waals surface area contributed by atoms with Gasteiger partial charge in [0.2, 0.25) is 15.9 Å². The molecule has 1 aliphatic heterocycles. The van der Waals surface area contributed by atoms with Crippen LogP contribution in [0.3, 0.4) is 0 Å². The van der Waals surface area contributed by atoms with Crippen LogP contribution < -0.4 is 15.4 Å². The highest BCUT2D eigenvalue weighted by atomic mass is 32.2. The number of carbonyl (C=O) groups is 2. The lowest BCUT2D eigenvalue weighted by atomic mass is 10.2. The van der Waals surface area contributed by atoms with Crippen molar-refractivity contribution in [2.75, 3.05) is 43.5 Å². The lowest BCUT2D eigenvalue weighted by molar-refractivity contribution is -0.118. The van der Waals surface area contributed by atoms with Gasteiger partial charge in [-0.1, -0.05) is 6.07 Å². The first-order chi connectivity index (χ1) is 14.8. The molecule has 3 rings (SSSR count). The lowest BCUT2D eigenvalue weighted by Gasteiger charge is -2.26. The smallest absolute Gasteiger partial charge is 0.262 e. The van der Waals surface area contributed by atoms with Gasteiger partial charge in [-0.3, -0.25) is 9.59 Å². The van der Waals surface area contributed by atoms with Crippen molar-refractivity contribution in [3.05, 3.63) is 48.0 Å². The van der Waals surface area contributed by atoms with Gasteiger partial charge in [-0.2, -0.15) is 4.31 Å². The van der Waals surface area contributed by atoms with Gasteiger partial charge >= 0.3 is 0 Å². The SMILES string of the molecule is CC(=O)Nc1cccc(NC(=O)COc2ccc(S(=O)(=O)N3CCOCC3)cc2C)c1. The number of nitrogens with one attached hydrogen (secondary N) is 2. The first-order valence-corrected chi connectivity index (χ1v) is 11.2. The summed E-state index contributed by atoms with van der Waals surface area (Å²) in [5.41, 5.74) is 1.69. The maximum absolute atomic E-state index is 12.8. The van der Waals surface area contributed by atoms with E-state index in [2.05, 4.69) is 10.6 Å². The van der Waals surface area contributed by atoms with Crippen LogP contribution in [-0.4, -0.2) is 57.4 Å². The minimum atomic E-state index is -3.60. The maximum Gasteiger partial charge on any atom is 0.262 e. The Labute approximate surface area is 181 Å². The minimum Gasteiger partial charge on any atom is -0.483 e. The molecule has 166 valence electrons. The molecule has 1 heterocycles. The van der Waals surface area contributed by atoms with E-state index in [9.17, 15) is 18.0 Å². The number of rotatable bonds is 7. The third-order valence-corrected chi connectivity index (χ3v) is 6.47. The molecule has 31 heavy (non-hydrogen) atoms. The fourth-order valence-electron chi connectivity index (χ4n) is 3.10. The van der Waals surface area contributed by atoms with E-state index in [1.165, 1.54) is 23.4 Å². The highest BCUT2D eigenvalue weighted by Gasteiger charge is 2.26. The standard InChI is InChI=1S/C21H25N3O6S/c1-15-12-19(31(27,28)24-8-10-29-11-9-24)6-7-20(15)30-14-21(26)23-18-5-3-4-17(13-18)22-16(2)25/h3-7,12-13H,8-11,14H2,1-2H3,(H,22,25)(H,23,26). The molecule has 0 spiro atoms. The number of carbonyl (C=O) groups excluding carboxylic acids is 2. The van der Waals surface area contributed by atoms with Crippen molar-refractivity contribution in [1.29, 1.82) is 0 Å². The van der Waals surface area contributed by atoms with Crippen molar-refractivity contribution in [3.8, 4) is 5.75 Å². The molecular weight excluding hydrogens is 422 g/mol. The van der Waals surface area contributed by atoms with E-state index in [4.69, 9.17) is 9.47 Å². The Balaban J connectivity index is 1.60. The van der Waals surface area contributed by atoms with Crippen LogP contribution in [0.4, 0.5) is 11.4 Å². The molecule has 0 aliphatic carbocycles. The number of anilines is 2. The predicted octanol–water partition coefficient (Wildman–Crippen LogP) is 1.99. The van der Waals surface area contributed by atoms with E-state index >= 15 is 0 Å². The van der Waals surface area contributed by atoms with E-state index < -0.39 is 10.0 Å². The van der Waals surface area contributed by atoms with Gasteiger partial charge in [0.15, 0.2) is 6.61 Å². The summed E-state index contributed by atoms with van der Waals surface area (Å²) in [5.74, 6) is -0.172. The van der Waals surface area contributed by atoms with Crippen LogP contribution in [0.15, 0.2) is 47.4 Å². The molecule has 9 nitrogen and oxygen atoms in total. The van der Waals surface area contributed by atoms with E-state index in [0.29, 0.717) is 49.0 Å². The molecule has 0 aromatic heterocycles. The average molecular weight is 448 g/mol. The Morgan fingerprint density at radius 2 is 1.74 bits per heavy atom. The molecule has 1 fully saturated rings. The van der Waals surface area contributed by atoms with Crippen LogP contribution in [0, 0.1) is 6.92 Å². The van der Waals surface area contributed by atoms with Crippen LogP contribution >= 0.6 is 0 Å². The zero-order valence-electron chi connectivity index (χ0n) is 17.4. The third-order valence-electron chi connectivity index (χ3n) is 4.58. The predicted molar refractivity (Wildman–Crippen MR) is 116 cm³/mol. The molecule has 2 aromatic carbocycles. The van der Waals surface area contributed by atoms with Crippen molar-refractivity contribution in [1.82, 2.24) is 4.31 Å². The zero-order valence-corrected chi connectivity index (χ0v) is 18.2. The number of amides is 2. The largest absolute Gasteiger partial charge is 0.483 e. The number of nitrogens with zero attached hydrogens (tertiary/aromatic N) is 1. The molecule has 2 aromatic rings.